The van der Waals surface area contributed by atoms with Gasteiger partial charge in [0.05, 0.1) is 13.0 Å². The van der Waals surface area contributed by atoms with Gasteiger partial charge in [0.15, 0.2) is 11.5 Å². The average molecular weight is 366 g/mol. The lowest BCUT2D eigenvalue weighted by Crippen LogP contribution is -2.61. The van der Waals surface area contributed by atoms with Gasteiger partial charge in [-0.15, -0.1) is 0 Å². The van der Waals surface area contributed by atoms with Crippen molar-refractivity contribution in [1.82, 2.24) is 9.96 Å². The Morgan fingerprint density at radius 1 is 0.889 bits per heavy atom. The molecule has 6 heteroatoms. The number of amides is 1. The van der Waals surface area contributed by atoms with E-state index in [0.29, 0.717) is 26.2 Å². The Bertz CT molecular complexity index is 849. The molecule has 0 aromatic heterocycles. The Labute approximate surface area is 158 Å². The molecule has 0 atom stereocenters. The minimum Gasteiger partial charge on any atom is -0.486 e. The van der Waals surface area contributed by atoms with Crippen LogP contribution in [0.5, 0.6) is 11.5 Å². The molecule has 2 aromatic carbocycles. The maximum atomic E-state index is 12.4. The van der Waals surface area contributed by atoms with Crippen molar-refractivity contribution < 1.29 is 19.1 Å². The van der Waals surface area contributed by atoms with Crippen molar-refractivity contribution in [3.05, 3.63) is 59.7 Å². The Morgan fingerprint density at radius 2 is 1.67 bits per heavy atom. The number of hydrogen-bond donors (Lipinski definition) is 0. The molecule has 2 fully saturated rings. The summed E-state index contributed by atoms with van der Waals surface area (Å²) in [5.41, 5.74) is 1.90. The molecule has 1 spiro atoms. The van der Waals surface area contributed by atoms with Crippen molar-refractivity contribution in [2.45, 2.75) is 25.1 Å². The standard InChI is InChI=1S/C21H22N2O4/c24-20-11-21(27-23(20)13-16-4-2-1-3-5-16)14-22(15-21)12-17-6-7-18-19(10-17)26-9-8-25-18/h1-7,10H,8-9,11-15H2. The van der Waals surface area contributed by atoms with Crippen molar-refractivity contribution in [1.29, 1.82) is 0 Å². The molecular formula is C21H22N2O4. The van der Waals surface area contributed by atoms with E-state index in [2.05, 4.69) is 11.0 Å². The van der Waals surface area contributed by atoms with Crippen molar-refractivity contribution in [2.24, 2.45) is 0 Å². The molecule has 3 aliphatic rings. The molecule has 0 saturated carbocycles. The molecule has 27 heavy (non-hydrogen) atoms. The summed E-state index contributed by atoms with van der Waals surface area (Å²) >= 11 is 0. The lowest BCUT2D eigenvalue weighted by Gasteiger charge is -2.46. The first kappa shape index (κ1) is 16.6. The first-order chi connectivity index (χ1) is 13.2. The number of carbonyl (C=O) groups is 1. The van der Waals surface area contributed by atoms with Crippen LogP contribution in [0.15, 0.2) is 48.5 Å². The molecule has 140 valence electrons. The van der Waals surface area contributed by atoms with Gasteiger partial charge in [0.1, 0.15) is 18.8 Å². The van der Waals surface area contributed by atoms with Crippen molar-refractivity contribution in [3.8, 4) is 11.5 Å². The van der Waals surface area contributed by atoms with E-state index in [0.717, 1.165) is 36.7 Å². The van der Waals surface area contributed by atoms with Gasteiger partial charge in [-0.25, -0.2) is 5.06 Å². The van der Waals surface area contributed by atoms with Gasteiger partial charge in [-0.1, -0.05) is 36.4 Å². The third kappa shape index (κ3) is 3.26. The van der Waals surface area contributed by atoms with Crippen LogP contribution in [0.1, 0.15) is 17.5 Å². The van der Waals surface area contributed by atoms with Gasteiger partial charge >= 0.3 is 0 Å². The van der Waals surface area contributed by atoms with Crippen LogP contribution >= 0.6 is 0 Å². The molecule has 2 saturated heterocycles. The number of benzene rings is 2. The molecule has 0 bridgehead atoms. The second kappa shape index (κ2) is 6.55. The van der Waals surface area contributed by atoms with E-state index >= 15 is 0 Å². The number of ether oxygens (including phenoxy) is 2. The number of fused-ring (bicyclic) bond motifs is 1. The third-order valence-corrected chi connectivity index (χ3v) is 5.26. The monoisotopic (exact) mass is 366 g/mol. The second-order valence-corrected chi connectivity index (χ2v) is 7.49. The first-order valence-corrected chi connectivity index (χ1v) is 9.33. The first-order valence-electron chi connectivity index (χ1n) is 9.33. The highest BCUT2D eigenvalue weighted by atomic mass is 16.7. The lowest BCUT2D eigenvalue weighted by molar-refractivity contribution is -0.241. The molecule has 5 rings (SSSR count). The quantitative estimate of drug-likeness (QED) is 0.832. The van der Waals surface area contributed by atoms with Crippen LogP contribution in [0.2, 0.25) is 0 Å². The van der Waals surface area contributed by atoms with Gasteiger partial charge in [0.25, 0.3) is 0 Å². The Kier molecular flexibility index (Phi) is 4.02. The van der Waals surface area contributed by atoms with E-state index in [1.54, 1.807) is 0 Å². The average Bonchev–Trinajstić information content (AvgIpc) is 2.98. The summed E-state index contributed by atoms with van der Waals surface area (Å²) in [6.45, 7) is 4.04. The van der Waals surface area contributed by atoms with Gasteiger partial charge in [-0.2, -0.15) is 0 Å². The maximum Gasteiger partial charge on any atom is 0.249 e. The number of likely N-dealkylation sites (tertiary alicyclic amines) is 1. The second-order valence-electron chi connectivity index (χ2n) is 7.49. The molecule has 0 N–H and O–H groups in total. The lowest BCUT2D eigenvalue weighted by atomic mass is 9.90. The van der Waals surface area contributed by atoms with Crippen LogP contribution in [0.3, 0.4) is 0 Å². The maximum absolute atomic E-state index is 12.4. The van der Waals surface area contributed by atoms with Gasteiger partial charge in [-0.3, -0.25) is 14.5 Å². The van der Waals surface area contributed by atoms with E-state index in [1.807, 2.05) is 42.5 Å². The van der Waals surface area contributed by atoms with E-state index < -0.39 is 0 Å². The third-order valence-electron chi connectivity index (χ3n) is 5.26. The van der Waals surface area contributed by atoms with Gasteiger partial charge in [0, 0.05) is 19.6 Å². The van der Waals surface area contributed by atoms with Crippen LogP contribution in [0.4, 0.5) is 0 Å². The highest BCUT2D eigenvalue weighted by Gasteiger charge is 2.53. The summed E-state index contributed by atoms with van der Waals surface area (Å²) in [5, 5.41) is 1.52. The number of rotatable bonds is 4. The summed E-state index contributed by atoms with van der Waals surface area (Å²) in [7, 11) is 0. The summed E-state index contributed by atoms with van der Waals surface area (Å²) in [6.07, 6.45) is 0.456. The van der Waals surface area contributed by atoms with Crippen molar-refractivity contribution in [2.75, 3.05) is 26.3 Å². The molecule has 3 heterocycles. The Morgan fingerprint density at radius 3 is 2.48 bits per heavy atom. The number of nitrogens with zero attached hydrogens (tertiary/aromatic N) is 2. The molecular weight excluding hydrogens is 344 g/mol. The van der Waals surface area contributed by atoms with Crippen molar-refractivity contribution in [3.63, 3.8) is 0 Å². The fourth-order valence-electron chi connectivity index (χ4n) is 4.04. The highest BCUT2D eigenvalue weighted by Crippen LogP contribution is 2.38. The van der Waals surface area contributed by atoms with Crippen molar-refractivity contribution >= 4 is 5.91 Å². The van der Waals surface area contributed by atoms with Crippen LogP contribution < -0.4 is 9.47 Å². The summed E-state index contributed by atoms with van der Waals surface area (Å²) in [4.78, 5) is 20.7. The van der Waals surface area contributed by atoms with E-state index in [9.17, 15) is 4.79 Å². The zero-order chi connectivity index (χ0) is 18.3. The molecule has 0 aliphatic carbocycles. The molecule has 3 aliphatic heterocycles. The summed E-state index contributed by atoms with van der Waals surface area (Å²) in [5.74, 6) is 1.69. The molecule has 1 amide bonds. The minimum absolute atomic E-state index is 0.0674. The normalized spacial score (nSPS) is 20.7. The fourth-order valence-corrected chi connectivity index (χ4v) is 4.04. The predicted octanol–water partition coefficient (Wildman–Crippen LogP) is 2.38. The van der Waals surface area contributed by atoms with Gasteiger partial charge in [0.2, 0.25) is 5.91 Å². The molecule has 0 radical (unpaired) electrons. The topological polar surface area (TPSA) is 51.2 Å². The zero-order valence-electron chi connectivity index (χ0n) is 15.1. The summed E-state index contributed by atoms with van der Waals surface area (Å²) < 4.78 is 11.2. The Balaban J connectivity index is 1.19. The number of hydrogen-bond acceptors (Lipinski definition) is 5. The largest absolute Gasteiger partial charge is 0.486 e. The predicted molar refractivity (Wildman–Crippen MR) is 98.1 cm³/mol. The van der Waals surface area contributed by atoms with Gasteiger partial charge < -0.3 is 9.47 Å². The molecule has 6 nitrogen and oxygen atoms in total. The molecule has 0 unspecified atom stereocenters. The zero-order valence-corrected chi connectivity index (χ0v) is 15.1. The number of carbonyl (C=O) groups excluding carboxylic acids is 1. The smallest absolute Gasteiger partial charge is 0.249 e. The highest BCUT2D eigenvalue weighted by molar-refractivity contribution is 5.78. The SMILES string of the molecule is O=C1CC2(CN(Cc3ccc4c(c3)OCCO4)C2)ON1Cc1ccccc1. The summed E-state index contributed by atoms with van der Waals surface area (Å²) in [6, 6.07) is 16.0. The number of hydroxylamine groups is 2. The fraction of sp³-hybridized carbons (Fsp3) is 0.381. The van der Waals surface area contributed by atoms with E-state index in [4.69, 9.17) is 14.3 Å². The van der Waals surface area contributed by atoms with E-state index in [-0.39, 0.29) is 11.5 Å². The van der Waals surface area contributed by atoms with Crippen LogP contribution in [0.25, 0.3) is 0 Å². The van der Waals surface area contributed by atoms with E-state index in [1.165, 1.54) is 10.6 Å². The Hall–Kier alpha value is -2.57. The van der Waals surface area contributed by atoms with Crippen LogP contribution in [-0.2, 0) is 22.7 Å². The van der Waals surface area contributed by atoms with Crippen LogP contribution in [-0.4, -0.2) is 47.8 Å². The minimum atomic E-state index is -0.361. The van der Waals surface area contributed by atoms with Gasteiger partial charge in [-0.05, 0) is 23.3 Å². The van der Waals surface area contributed by atoms with Crippen LogP contribution in [0, 0.1) is 0 Å². The molecule has 2 aromatic rings.